The van der Waals surface area contributed by atoms with Crippen LogP contribution in [0.5, 0.6) is 34.9 Å². The van der Waals surface area contributed by atoms with Gasteiger partial charge >= 0.3 is 0 Å². The van der Waals surface area contributed by atoms with E-state index in [9.17, 15) is 0 Å². The first-order chi connectivity index (χ1) is 44.0. The summed E-state index contributed by atoms with van der Waals surface area (Å²) < 4.78 is 32.9. The first kappa shape index (κ1) is 89.0. The Morgan fingerprint density at radius 2 is 0.598 bits per heavy atom. The van der Waals surface area contributed by atoms with Crippen molar-refractivity contribution in [2.24, 2.45) is 0 Å². The number of halogens is 3. The molecule has 7 rings (SSSR count). The van der Waals surface area contributed by atoms with Gasteiger partial charge in [-0.1, -0.05) is 204 Å². The number of hydrogen-bond acceptors (Lipinski definition) is 9. The molecule has 0 unspecified atom stereocenters. The predicted molar refractivity (Wildman–Crippen MR) is 420 cm³/mol. The monoisotopic (exact) mass is 1390 g/mol. The fourth-order valence-corrected chi connectivity index (χ4v) is 9.48. The molecule has 3 aromatic heterocycles. The molecule has 0 radical (unpaired) electrons. The van der Waals surface area contributed by atoms with Gasteiger partial charge in [-0.2, -0.15) is 0 Å². The van der Waals surface area contributed by atoms with E-state index in [1.807, 2.05) is 110 Å². The average Bonchev–Trinajstić information content (AvgIpc) is 0.921. The molecule has 12 heteroatoms. The Morgan fingerprint density at radius 1 is 0.289 bits per heavy atom. The molecular formula is C85H128Cl3N3O6. The lowest BCUT2D eigenvalue weighted by atomic mass is 9.86. The van der Waals surface area contributed by atoms with E-state index in [0.717, 1.165) is 50.1 Å². The molecule has 0 atom stereocenters. The van der Waals surface area contributed by atoms with Crippen LogP contribution in [0.3, 0.4) is 0 Å². The molecule has 7 aromatic rings. The Morgan fingerprint density at radius 3 is 0.948 bits per heavy atom. The van der Waals surface area contributed by atoms with E-state index in [0.29, 0.717) is 16.9 Å². The second kappa shape index (κ2) is 38.5. The molecule has 0 fully saturated rings. The van der Waals surface area contributed by atoms with Crippen LogP contribution < -0.4 is 28.4 Å². The van der Waals surface area contributed by atoms with Gasteiger partial charge in [-0.3, -0.25) is 0 Å². The summed E-state index contributed by atoms with van der Waals surface area (Å²) in [6, 6.07) is 38.8. The van der Waals surface area contributed by atoms with Crippen molar-refractivity contribution in [3.05, 3.63) is 192 Å². The molecule has 0 bridgehead atoms. The number of methoxy groups -OCH3 is 2. The zero-order valence-corrected chi connectivity index (χ0v) is 69.0. The normalized spacial score (nSPS) is 11.8. The minimum atomic E-state index is 0.0572. The number of hydrogen-bond donors (Lipinski definition) is 0. The predicted octanol–water partition coefficient (Wildman–Crippen LogP) is 25.4. The van der Waals surface area contributed by atoms with Gasteiger partial charge in [0.15, 0.2) is 0 Å². The zero-order valence-electron chi connectivity index (χ0n) is 66.7. The summed E-state index contributed by atoms with van der Waals surface area (Å²) in [5, 5.41) is 2.04. The van der Waals surface area contributed by atoms with Crippen molar-refractivity contribution in [1.29, 1.82) is 0 Å². The molecule has 97 heavy (non-hydrogen) atoms. The number of aryl methyl sites for hydroxylation is 4. The average molecular weight is 1390 g/mol. The van der Waals surface area contributed by atoms with E-state index in [1.54, 1.807) is 14.2 Å². The standard InChI is InChI=1S/C14H22O.C13H19ClO.C13H21NO.C12H18ClNO.C12H18O.C11H17NO.C10H13Cl/c1-10(2)15-13-8-11(3)7-12(9-13)14(4,5)6;1-9(2)15-12-7-10(13(3,4)5)6-11(14)8-12;1-9(2)15-12-8-11(13(4,5)6)7-10(3)14-12;1-8(2)15-11-7-9(12(3,4)5)6-10(13)14-11;1-9-6-10(12(2,3)4)8-11(7-9)13-5;1-8-6-9(11(2,3)4)7-10(12-8)13-5;1-10(2,3)8-5-4-6-9(11)7-8/h7-10H,1-6H3;6-9H,1-5H3;7-9H,1-6H3;6-8H,1-5H3;6-8H,1-5H3;6-7H,1-5H3;4-7H,1-3H3. The lowest BCUT2D eigenvalue weighted by Gasteiger charge is -2.21. The highest BCUT2D eigenvalue weighted by Gasteiger charge is 2.21. The number of benzene rings is 4. The van der Waals surface area contributed by atoms with Gasteiger partial charge in [-0.05, 0) is 244 Å². The van der Waals surface area contributed by atoms with Crippen LogP contribution in [-0.4, -0.2) is 53.6 Å². The van der Waals surface area contributed by atoms with Crippen molar-refractivity contribution in [2.75, 3.05) is 14.2 Å². The molecule has 0 saturated carbocycles. The van der Waals surface area contributed by atoms with E-state index in [-0.39, 0.29) is 62.3 Å². The lowest BCUT2D eigenvalue weighted by molar-refractivity contribution is 0.231. The second-order valence-electron chi connectivity index (χ2n) is 33.3. The van der Waals surface area contributed by atoms with Crippen molar-refractivity contribution >= 4 is 34.8 Å². The molecule has 0 amide bonds. The summed E-state index contributed by atoms with van der Waals surface area (Å²) in [4.78, 5) is 12.7. The summed E-state index contributed by atoms with van der Waals surface area (Å²) in [5.41, 5.74) is 14.4. The van der Waals surface area contributed by atoms with Crippen LogP contribution in [-0.2, 0) is 37.9 Å². The van der Waals surface area contributed by atoms with Crippen LogP contribution in [0.15, 0.2) is 115 Å². The summed E-state index contributed by atoms with van der Waals surface area (Å²) in [7, 11) is 3.36. The Kier molecular flexibility index (Phi) is 35.4. The zero-order chi connectivity index (χ0) is 75.2. The van der Waals surface area contributed by atoms with Gasteiger partial charge in [0, 0.05) is 39.6 Å². The lowest BCUT2D eigenvalue weighted by Crippen LogP contribution is -2.14. The van der Waals surface area contributed by atoms with Crippen LogP contribution in [0.25, 0.3) is 0 Å². The maximum absolute atomic E-state index is 6.06. The molecule has 3 heterocycles. The highest BCUT2D eigenvalue weighted by molar-refractivity contribution is 6.31. The summed E-state index contributed by atoms with van der Waals surface area (Å²) in [5.74, 6) is 4.81. The Bertz CT molecular complexity index is 3140. The SMILES string of the molecule is CC(C)(C)c1cccc(Cl)c1.CC(C)Oc1cc(C(C)(C)C)cc(Cl)n1.CC(C)Oc1cc(Cl)cc(C(C)(C)C)c1.COc1cc(C(C)(C)C)cc(C)n1.COc1cc(C)cc(C(C)(C)C)c1.Cc1cc(C(C)(C)C)cc(OC(C)C)n1.Cc1cc(OC(C)C)cc(C(C)(C)C)c1. The van der Waals surface area contributed by atoms with Crippen LogP contribution in [0.1, 0.15) is 262 Å². The molecular weight excluding hydrogens is 1270 g/mol. The van der Waals surface area contributed by atoms with Gasteiger partial charge in [0.25, 0.3) is 0 Å². The molecule has 0 aliphatic rings. The van der Waals surface area contributed by atoms with Crippen molar-refractivity contribution < 1.29 is 28.4 Å². The van der Waals surface area contributed by atoms with Crippen molar-refractivity contribution in [1.82, 2.24) is 15.0 Å². The third-order valence-corrected chi connectivity index (χ3v) is 15.0. The maximum atomic E-state index is 6.06. The van der Waals surface area contributed by atoms with Crippen LogP contribution in [0, 0.1) is 27.7 Å². The Hall–Kier alpha value is -6.00. The van der Waals surface area contributed by atoms with Crippen LogP contribution >= 0.6 is 34.8 Å². The molecule has 0 aliphatic heterocycles. The number of ether oxygens (including phenoxy) is 6. The second-order valence-corrected chi connectivity index (χ2v) is 34.5. The van der Waals surface area contributed by atoms with Gasteiger partial charge in [0.2, 0.25) is 17.6 Å². The Balaban J connectivity index is 0.000000567. The van der Waals surface area contributed by atoms with Gasteiger partial charge < -0.3 is 28.4 Å². The highest BCUT2D eigenvalue weighted by Crippen LogP contribution is 2.34. The molecule has 0 aliphatic carbocycles. The third-order valence-electron chi connectivity index (χ3n) is 14.4. The first-order valence-corrected chi connectivity index (χ1v) is 35.4. The van der Waals surface area contributed by atoms with E-state index in [1.165, 1.54) is 44.5 Å². The summed E-state index contributed by atoms with van der Waals surface area (Å²) >= 11 is 17.9. The first-order valence-electron chi connectivity index (χ1n) is 34.2. The molecule has 9 nitrogen and oxygen atoms in total. The van der Waals surface area contributed by atoms with Crippen molar-refractivity contribution in [3.63, 3.8) is 0 Å². The number of nitrogens with zero attached hydrogens (tertiary/aromatic N) is 3. The molecule has 0 N–H and O–H groups in total. The number of pyridine rings is 3. The topological polar surface area (TPSA) is 94.1 Å². The number of rotatable bonds is 10. The third kappa shape index (κ3) is 36.6. The van der Waals surface area contributed by atoms with Crippen molar-refractivity contribution in [3.8, 4) is 34.9 Å². The van der Waals surface area contributed by atoms with Gasteiger partial charge in [0.05, 0.1) is 38.6 Å². The maximum Gasteiger partial charge on any atom is 0.215 e. The molecule has 4 aromatic carbocycles. The minimum absolute atomic E-state index is 0.0572. The van der Waals surface area contributed by atoms with E-state index < -0.39 is 0 Å². The van der Waals surface area contributed by atoms with E-state index in [2.05, 4.69) is 249 Å². The van der Waals surface area contributed by atoms with Gasteiger partial charge in [-0.25, -0.2) is 15.0 Å². The van der Waals surface area contributed by atoms with E-state index in [4.69, 9.17) is 63.2 Å². The minimum Gasteiger partial charge on any atom is -0.497 e. The fraction of sp³-hybridized carbons (Fsp3) is 0.541. The molecule has 0 saturated heterocycles. The summed E-state index contributed by atoms with van der Waals surface area (Å²) in [6.45, 7) is 70.2. The fourth-order valence-electron chi connectivity index (χ4n) is 8.87. The van der Waals surface area contributed by atoms with Crippen LogP contribution in [0.2, 0.25) is 15.2 Å². The highest BCUT2D eigenvalue weighted by atomic mass is 35.5. The molecule has 540 valence electrons. The summed E-state index contributed by atoms with van der Waals surface area (Å²) in [6.07, 6.45) is 0.701. The quantitative estimate of drug-likeness (QED) is 0.124. The number of aromatic nitrogens is 3. The Labute approximate surface area is 606 Å². The smallest absolute Gasteiger partial charge is 0.215 e. The van der Waals surface area contributed by atoms with Crippen molar-refractivity contribution in [2.45, 2.75) is 291 Å². The molecule has 0 spiro atoms. The van der Waals surface area contributed by atoms with Gasteiger partial charge in [-0.15, -0.1) is 0 Å². The largest absolute Gasteiger partial charge is 0.497 e. The van der Waals surface area contributed by atoms with E-state index >= 15 is 0 Å². The van der Waals surface area contributed by atoms with Gasteiger partial charge in [0.1, 0.15) is 22.4 Å². The van der Waals surface area contributed by atoms with Crippen LogP contribution in [0.4, 0.5) is 0 Å².